The number of ether oxygens (including phenoxy) is 1. The molecule has 94 valence electrons. The first-order valence-corrected chi connectivity index (χ1v) is 5.39. The number of carbonyl (C=O) groups excluding carboxylic acids is 1. The summed E-state index contributed by atoms with van der Waals surface area (Å²) in [6, 6.07) is 3.51. The maximum atomic E-state index is 11.2. The third kappa shape index (κ3) is 3.18. The molecule has 0 aliphatic carbocycles. The second-order valence-corrected chi connectivity index (χ2v) is 4.06. The highest BCUT2D eigenvalue weighted by Crippen LogP contribution is 2.26. The number of hydrogen-bond acceptors (Lipinski definition) is 4. The Morgan fingerprint density at radius 2 is 2.06 bits per heavy atom. The predicted molar refractivity (Wildman–Crippen MR) is 66.3 cm³/mol. The highest BCUT2D eigenvalue weighted by molar-refractivity contribution is 5.76. The highest BCUT2D eigenvalue weighted by atomic mass is 16.5. The number of nitrogens with two attached hydrogens (primary N) is 2. The minimum atomic E-state index is -0.358. The molecule has 0 aliphatic heterocycles. The average molecular weight is 237 g/mol. The number of amides is 1. The van der Waals surface area contributed by atoms with Gasteiger partial charge in [-0.3, -0.25) is 10.2 Å². The quantitative estimate of drug-likeness (QED) is 0.408. The van der Waals surface area contributed by atoms with Crippen LogP contribution < -0.4 is 21.7 Å². The minimum Gasteiger partial charge on any atom is -0.496 e. The van der Waals surface area contributed by atoms with Crippen LogP contribution in [-0.2, 0) is 4.79 Å². The van der Waals surface area contributed by atoms with Gasteiger partial charge in [0.1, 0.15) is 5.75 Å². The van der Waals surface area contributed by atoms with Crippen LogP contribution in [0.25, 0.3) is 0 Å². The molecule has 0 bridgehead atoms. The Balaban J connectivity index is 2.98. The summed E-state index contributed by atoms with van der Waals surface area (Å²) in [6.07, 6.45) is 0.170. The highest BCUT2D eigenvalue weighted by Gasteiger charge is 2.14. The molecule has 0 radical (unpaired) electrons. The maximum Gasteiger partial charge on any atom is 0.235 e. The van der Waals surface area contributed by atoms with Crippen LogP contribution in [0.3, 0.4) is 0 Å². The van der Waals surface area contributed by atoms with Crippen LogP contribution in [-0.4, -0.2) is 13.0 Å². The van der Waals surface area contributed by atoms with E-state index in [4.69, 9.17) is 16.3 Å². The molecule has 1 unspecified atom stereocenters. The third-order valence-electron chi connectivity index (χ3n) is 2.75. The molecule has 5 heteroatoms. The Morgan fingerprint density at radius 1 is 1.41 bits per heavy atom. The van der Waals surface area contributed by atoms with Crippen LogP contribution in [0.5, 0.6) is 5.75 Å². The normalized spacial score (nSPS) is 12.1. The van der Waals surface area contributed by atoms with E-state index in [2.05, 4.69) is 5.43 Å². The smallest absolute Gasteiger partial charge is 0.235 e. The molecule has 5 N–H and O–H groups in total. The van der Waals surface area contributed by atoms with E-state index in [1.807, 2.05) is 26.0 Å². The summed E-state index contributed by atoms with van der Waals surface area (Å²) in [5, 5.41) is 0. The van der Waals surface area contributed by atoms with E-state index in [9.17, 15) is 4.79 Å². The number of aryl methyl sites for hydroxylation is 2. The van der Waals surface area contributed by atoms with Gasteiger partial charge in [-0.05, 0) is 36.6 Å². The molecule has 1 aromatic rings. The number of nitrogens with one attached hydrogen (secondary N) is 1. The lowest BCUT2D eigenvalue weighted by Gasteiger charge is -2.16. The summed E-state index contributed by atoms with van der Waals surface area (Å²) >= 11 is 0. The van der Waals surface area contributed by atoms with Gasteiger partial charge in [-0.25, -0.2) is 5.84 Å². The Kier molecular flexibility index (Phi) is 4.48. The summed E-state index contributed by atoms with van der Waals surface area (Å²) in [7, 11) is 1.63. The van der Waals surface area contributed by atoms with Crippen molar-refractivity contribution in [1.29, 1.82) is 0 Å². The standard InChI is InChI=1S/C12H19N3O2/c1-7-5-11(17-3)8(2)4-9(7)10(13)6-12(16)15-14/h4-5,10H,6,13-14H2,1-3H3,(H,15,16). The number of carbonyl (C=O) groups is 1. The zero-order valence-electron chi connectivity index (χ0n) is 10.4. The molecule has 5 nitrogen and oxygen atoms in total. The van der Waals surface area contributed by atoms with E-state index in [1.54, 1.807) is 7.11 Å². The van der Waals surface area contributed by atoms with Crippen LogP contribution in [0.2, 0.25) is 0 Å². The summed E-state index contributed by atoms with van der Waals surface area (Å²) in [4.78, 5) is 11.2. The fourth-order valence-electron chi connectivity index (χ4n) is 1.80. The zero-order valence-corrected chi connectivity index (χ0v) is 10.4. The molecule has 1 aromatic carbocycles. The fourth-order valence-corrected chi connectivity index (χ4v) is 1.80. The lowest BCUT2D eigenvalue weighted by Crippen LogP contribution is -2.32. The number of methoxy groups -OCH3 is 1. The van der Waals surface area contributed by atoms with Gasteiger partial charge >= 0.3 is 0 Å². The summed E-state index contributed by atoms with van der Waals surface area (Å²) in [5.41, 5.74) is 11.0. The van der Waals surface area contributed by atoms with Crippen molar-refractivity contribution in [3.8, 4) is 5.75 Å². The van der Waals surface area contributed by atoms with Crippen molar-refractivity contribution in [2.45, 2.75) is 26.3 Å². The van der Waals surface area contributed by atoms with Crippen molar-refractivity contribution in [1.82, 2.24) is 5.43 Å². The van der Waals surface area contributed by atoms with Crippen LogP contribution in [0.1, 0.15) is 29.2 Å². The van der Waals surface area contributed by atoms with Crippen molar-refractivity contribution < 1.29 is 9.53 Å². The monoisotopic (exact) mass is 237 g/mol. The average Bonchev–Trinajstić information content (AvgIpc) is 2.31. The third-order valence-corrected chi connectivity index (χ3v) is 2.75. The Bertz CT molecular complexity index is 418. The van der Waals surface area contributed by atoms with Gasteiger partial charge in [0.05, 0.1) is 7.11 Å². The first kappa shape index (κ1) is 13.5. The topological polar surface area (TPSA) is 90.4 Å². The lowest BCUT2D eigenvalue weighted by molar-refractivity contribution is -0.121. The zero-order chi connectivity index (χ0) is 13.0. The van der Waals surface area contributed by atoms with Crippen LogP contribution in [0.4, 0.5) is 0 Å². The molecule has 0 heterocycles. The summed E-state index contributed by atoms with van der Waals surface area (Å²) in [5.74, 6) is 5.59. The lowest BCUT2D eigenvalue weighted by atomic mass is 9.96. The summed E-state index contributed by atoms with van der Waals surface area (Å²) < 4.78 is 5.22. The van der Waals surface area contributed by atoms with E-state index in [0.29, 0.717) is 0 Å². The second-order valence-electron chi connectivity index (χ2n) is 4.06. The number of benzene rings is 1. The summed E-state index contributed by atoms with van der Waals surface area (Å²) in [6.45, 7) is 3.88. The molecule has 1 rings (SSSR count). The Labute approximate surface area is 101 Å². The van der Waals surface area contributed by atoms with Gasteiger partial charge in [0.15, 0.2) is 0 Å². The first-order chi connectivity index (χ1) is 7.99. The number of hydrogen-bond donors (Lipinski definition) is 3. The molecule has 0 spiro atoms. The molecule has 0 saturated heterocycles. The van der Waals surface area contributed by atoms with Crippen molar-refractivity contribution in [2.24, 2.45) is 11.6 Å². The molecule has 0 aliphatic rings. The SMILES string of the molecule is COc1cc(C)c(C(N)CC(=O)NN)cc1C. The van der Waals surface area contributed by atoms with Crippen molar-refractivity contribution in [2.75, 3.05) is 7.11 Å². The van der Waals surface area contributed by atoms with E-state index in [1.165, 1.54) is 0 Å². The second kappa shape index (κ2) is 5.65. The van der Waals surface area contributed by atoms with Gasteiger partial charge in [0, 0.05) is 12.5 Å². The molecule has 0 saturated carbocycles. The van der Waals surface area contributed by atoms with Gasteiger partial charge in [-0.2, -0.15) is 0 Å². The van der Waals surface area contributed by atoms with Gasteiger partial charge in [0.2, 0.25) is 5.91 Å². The van der Waals surface area contributed by atoms with Gasteiger partial charge in [-0.15, -0.1) is 0 Å². The van der Waals surface area contributed by atoms with Crippen LogP contribution in [0.15, 0.2) is 12.1 Å². The molecular weight excluding hydrogens is 218 g/mol. The molecular formula is C12H19N3O2. The van der Waals surface area contributed by atoms with Crippen LogP contribution >= 0.6 is 0 Å². The first-order valence-electron chi connectivity index (χ1n) is 5.39. The Morgan fingerprint density at radius 3 is 2.59 bits per heavy atom. The van der Waals surface area contributed by atoms with Gasteiger partial charge in [0.25, 0.3) is 0 Å². The molecule has 0 aromatic heterocycles. The number of rotatable bonds is 4. The van der Waals surface area contributed by atoms with E-state index in [-0.39, 0.29) is 18.4 Å². The largest absolute Gasteiger partial charge is 0.496 e. The number of hydrazine groups is 1. The fraction of sp³-hybridized carbons (Fsp3) is 0.417. The van der Waals surface area contributed by atoms with E-state index >= 15 is 0 Å². The van der Waals surface area contributed by atoms with Crippen molar-refractivity contribution in [3.05, 3.63) is 28.8 Å². The molecule has 17 heavy (non-hydrogen) atoms. The van der Waals surface area contributed by atoms with Crippen molar-refractivity contribution >= 4 is 5.91 Å². The van der Waals surface area contributed by atoms with Crippen molar-refractivity contribution in [3.63, 3.8) is 0 Å². The van der Waals surface area contributed by atoms with Crippen LogP contribution in [0, 0.1) is 13.8 Å². The molecule has 1 amide bonds. The van der Waals surface area contributed by atoms with E-state index in [0.717, 1.165) is 22.4 Å². The maximum absolute atomic E-state index is 11.2. The minimum absolute atomic E-state index is 0.170. The Hall–Kier alpha value is -1.59. The molecule has 0 fully saturated rings. The van der Waals surface area contributed by atoms with E-state index < -0.39 is 0 Å². The molecule has 1 atom stereocenters. The van der Waals surface area contributed by atoms with Gasteiger partial charge in [-0.1, -0.05) is 6.07 Å². The van der Waals surface area contributed by atoms with Gasteiger partial charge < -0.3 is 10.5 Å². The predicted octanol–water partition coefficient (Wildman–Crippen LogP) is 0.692.